The van der Waals surface area contributed by atoms with Crippen LogP contribution in [-0.2, 0) is 19.1 Å². The van der Waals surface area contributed by atoms with Crippen molar-refractivity contribution in [2.75, 3.05) is 13.2 Å². The number of carbonyl (C=O) groups is 2. The summed E-state index contributed by atoms with van der Waals surface area (Å²) in [5.74, 6) is -0.490. The predicted octanol–water partition coefficient (Wildman–Crippen LogP) is 3.18. The molecule has 0 aromatic carbocycles. The average molecular weight is 268 g/mol. The molecule has 0 atom stereocenters. The molecule has 0 heterocycles. The second-order valence-corrected chi connectivity index (χ2v) is 4.19. The van der Waals surface area contributed by atoms with E-state index in [1.54, 1.807) is 0 Å². The van der Waals surface area contributed by atoms with E-state index in [0.29, 0.717) is 13.2 Å². The first-order valence-corrected chi connectivity index (χ1v) is 6.69. The minimum atomic E-state index is -0.245. The lowest BCUT2D eigenvalue weighted by Gasteiger charge is -1.97. The summed E-state index contributed by atoms with van der Waals surface area (Å²) in [6, 6.07) is 0. The zero-order valence-corrected chi connectivity index (χ0v) is 11.9. The number of ether oxygens (including phenoxy) is 2. The summed E-state index contributed by atoms with van der Waals surface area (Å²) < 4.78 is 9.54. The zero-order valence-electron chi connectivity index (χ0n) is 11.9. The van der Waals surface area contributed by atoms with E-state index in [4.69, 9.17) is 9.47 Å². The fraction of sp³-hybridized carbons (Fsp3) is 0.600. The number of unbranched alkanes of at least 4 members (excludes halogenated alkanes) is 4. The topological polar surface area (TPSA) is 52.6 Å². The van der Waals surface area contributed by atoms with Crippen LogP contribution in [0.25, 0.3) is 0 Å². The van der Waals surface area contributed by atoms with Crippen molar-refractivity contribution in [3.63, 3.8) is 0 Å². The van der Waals surface area contributed by atoms with Crippen LogP contribution in [0.4, 0.5) is 0 Å². The van der Waals surface area contributed by atoms with Crippen LogP contribution in [0.1, 0.15) is 46.0 Å². The van der Waals surface area contributed by atoms with E-state index in [0.717, 1.165) is 32.1 Å². The van der Waals surface area contributed by atoms with Crippen LogP contribution in [0.15, 0.2) is 24.3 Å². The van der Waals surface area contributed by atoms with Crippen LogP contribution < -0.4 is 0 Å². The van der Waals surface area contributed by atoms with Gasteiger partial charge in [-0.3, -0.25) is 9.59 Å². The molecule has 4 nitrogen and oxygen atoms in total. The molecule has 0 amide bonds. The molecular formula is C15H24O4. The molecule has 0 fully saturated rings. The second kappa shape index (κ2) is 12.9. The predicted molar refractivity (Wildman–Crippen MR) is 74.6 cm³/mol. The Kier molecular flexibility index (Phi) is 11.8. The number of hydrogen-bond acceptors (Lipinski definition) is 4. The van der Waals surface area contributed by atoms with Crippen LogP contribution >= 0.6 is 0 Å². The Morgan fingerprint density at radius 3 is 1.53 bits per heavy atom. The van der Waals surface area contributed by atoms with Crippen LogP contribution in [-0.4, -0.2) is 25.2 Å². The van der Waals surface area contributed by atoms with Gasteiger partial charge in [-0.1, -0.05) is 30.7 Å². The molecule has 0 aliphatic heterocycles. The van der Waals surface area contributed by atoms with E-state index < -0.39 is 0 Å². The molecule has 108 valence electrons. The summed E-state index contributed by atoms with van der Waals surface area (Å²) in [5.41, 5.74) is 0. The molecular weight excluding hydrogens is 244 g/mol. The summed E-state index contributed by atoms with van der Waals surface area (Å²) in [7, 11) is 0. The maximum Gasteiger partial charge on any atom is 0.302 e. The number of allylic oxidation sites excluding steroid dienone is 2. The van der Waals surface area contributed by atoms with Gasteiger partial charge >= 0.3 is 11.9 Å². The highest BCUT2D eigenvalue weighted by Gasteiger charge is 1.89. The maximum absolute atomic E-state index is 10.5. The van der Waals surface area contributed by atoms with Gasteiger partial charge in [0.2, 0.25) is 0 Å². The molecule has 0 radical (unpaired) electrons. The van der Waals surface area contributed by atoms with Gasteiger partial charge < -0.3 is 9.47 Å². The lowest BCUT2D eigenvalue weighted by molar-refractivity contribution is -0.140. The molecule has 0 spiro atoms. The summed E-state index contributed by atoms with van der Waals surface area (Å²) in [5, 5.41) is 0. The van der Waals surface area contributed by atoms with E-state index in [2.05, 4.69) is 0 Å². The number of rotatable bonds is 10. The molecule has 0 N–H and O–H groups in total. The van der Waals surface area contributed by atoms with Gasteiger partial charge in [-0.2, -0.15) is 0 Å². The van der Waals surface area contributed by atoms with Crippen LogP contribution in [0.5, 0.6) is 0 Å². The third kappa shape index (κ3) is 16.4. The molecule has 0 saturated heterocycles. The van der Waals surface area contributed by atoms with Gasteiger partial charge in [0.25, 0.3) is 0 Å². The number of esters is 2. The maximum atomic E-state index is 10.5. The van der Waals surface area contributed by atoms with Crippen LogP contribution in [0.3, 0.4) is 0 Å². The van der Waals surface area contributed by atoms with Crippen LogP contribution in [0.2, 0.25) is 0 Å². The molecule has 0 bridgehead atoms. The molecule has 0 aliphatic rings. The lowest BCUT2D eigenvalue weighted by Crippen LogP contribution is -1.97. The van der Waals surface area contributed by atoms with E-state index in [9.17, 15) is 9.59 Å². The van der Waals surface area contributed by atoms with Crippen LogP contribution in [0, 0.1) is 0 Å². The van der Waals surface area contributed by atoms with Gasteiger partial charge in [0.1, 0.15) is 13.2 Å². The van der Waals surface area contributed by atoms with Crippen molar-refractivity contribution in [1.29, 1.82) is 0 Å². The van der Waals surface area contributed by atoms with Crippen molar-refractivity contribution < 1.29 is 19.1 Å². The molecule has 0 aromatic rings. The fourth-order valence-electron chi connectivity index (χ4n) is 1.40. The fourth-order valence-corrected chi connectivity index (χ4v) is 1.40. The van der Waals surface area contributed by atoms with E-state index in [1.807, 2.05) is 24.3 Å². The average Bonchev–Trinajstić information content (AvgIpc) is 2.34. The highest BCUT2D eigenvalue weighted by Crippen LogP contribution is 2.04. The number of hydrogen-bond donors (Lipinski definition) is 0. The van der Waals surface area contributed by atoms with E-state index in [-0.39, 0.29) is 11.9 Å². The molecule has 19 heavy (non-hydrogen) atoms. The SMILES string of the molecule is CC(=O)OCC=CCCCCCC=CCOC(C)=O. The highest BCUT2D eigenvalue weighted by atomic mass is 16.5. The van der Waals surface area contributed by atoms with Gasteiger partial charge in [-0.25, -0.2) is 0 Å². The first-order chi connectivity index (χ1) is 9.13. The second-order valence-electron chi connectivity index (χ2n) is 4.19. The highest BCUT2D eigenvalue weighted by molar-refractivity contribution is 5.66. The normalized spacial score (nSPS) is 11.1. The van der Waals surface area contributed by atoms with Gasteiger partial charge in [-0.15, -0.1) is 0 Å². The Balaban J connectivity index is 3.22. The molecule has 0 rings (SSSR count). The van der Waals surface area contributed by atoms with Crippen molar-refractivity contribution in [2.24, 2.45) is 0 Å². The minimum absolute atomic E-state index is 0.245. The Hall–Kier alpha value is -1.58. The minimum Gasteiger partial charge on any atom is -0.462 e. The molecule has 0 unspecified atom stereocenters. The molecule has 4 heteroatoms. The third-order valence-corrected chi connectivity index (χ3v) is 2.34. The third-order valence-electron chi connectivity index (χ3n) is 2.34. The summed E-state index contributed by atoms with van der Waals surface area (Å²) in [6.45, 7) is 3.55. The van der Waals surface area contributed by atoms with Gasteiger partial charge in [0.05, 0.1) is 0 Å². The Labute approximate surface area is 115 Å². The molecule has 0 aromatic heterocycles. The Morgan fingerprint density at radius 2 is 1.16 bits per heavy atom. The van der Waals surface area contributed by atoms with Gasteiger partial charge in [0, 0.05) is 13.8 Å². The monoisotopic (exact) mass is 268 g/mol. The Morgan fingerprint density at radius 1 is 0.737 bits per heavy atom. The smallest absolute Gasteiger partial charge is 0.302 e. The summed E-state index contributed by atoms with van der Waals surface area (Å²) >= 11 is 0. The first-order valence-electron chi connectivity index (χ1n) is 6.69. The quantitative estimate of drug-likeness (QED) is 0.347. The van der Waals surface area contributed by atoms with Crippen molar-refractivity contribution in [1.82, 2.24) is 0 Å². The lowest BCUT2D eigenvalue weighted by atomic mass is 10.1. The summed E-state index contributed by atoms with van der Waals surface area (Å²) in [4.78, 5) is 20.9. The van der Waals surface area contributed by atoms with E-state index in [1.165, 1.54) is 13.8 Å². The standard InChI is InChI=1S/C15H24O4/c1-14(16)18-12-10-8-6-4-3-5-7-9-11-13-19-15(2)17/h8-11H,3-7,12-13H2,1-2H3. The summed E-state index contributed by atoms with van der Waals surface area (Å²) in [6.07, 6.45) is 13.3. The largest absolute Gasteiger partial charge is 0.462 e. The number of carbonyl (C=O) groups excluding carboxylic acids is 2. The van der Waals surface area contributed by atoms with Crippen molar-refractivity contribution >= 4 is 11.9 Å². The molecule has 0 aliphatic carbocycles. The van der Waals surface area contributed by atoms with Crippen molar-refractivity contribution in [3.05, 3.63) is 24.3 Å². The van der Waals surface area contributed by atoms with Crippen molar-refractivity contribution in [3.8, 4) is 0 Å². The Bertz CT molecular complexity index is 275. The first kappa shape index (κ1) is 17.4. The molecule has 0 saturated carbocycles. The van der Waals surface area contributed by atoms with Gasteiger partial charge in [0.15, 0.2) is 0 Å². The van der Waals surface area contributed by atoms with E-state index >= 15 is 0 Å². The van der Waals surface area contributed by atoms with Gasteiger partial charge in [-0.05, 0) is 25.7 Å². The van der Waals surface area contributed by atoms with Crippen molar-refractivity contribution in [2.45, 2.75) is 46.0 Å². The zero-order chi connectivity index (χ0) is 14.3.